The molecule has 0 unspecified atom stereocenters. The van der Waals surface area contributed by atoms with Crippen LogP contribution in [-0.2, 0) is 14.4 Å². The molecule has 82 valence electrons. The summed E-state index contributed by atoms with van der Waals surface area (Å²) in [5, 5.41) is 37.2. The first-order valence-corrected chi connectivity index (χ1v) is 3.13. The van der Waals surface area contributed by atoms with E-state index in [9.17, 15) is 24.6 Å². The molecule has 0 aromatic heterocycles. The number of aliphatic carboxylic acids is 3. The van der Waals surface area contributed by atoms with Crippen molar-refractivity contribution in [3.8, 4) is 0 Å². The molecule has 0 saturated heterocycles. The van der Waals surface area contributed by atoms with Crippen molar-refractivity contribution >= 4 is 41.0 Å². The number of carbonyl (C=O) groups is 3. The summed E-state index contributed by atoms with van der Waals surface area (Å²) in [5.74, 6) is -5.65. The van der Waals surface area contributed by atoms with Crippen molar-refractivity contribution in [2.45, 2.75) is 18.4 Å². The molecule has 0 atom stereocenters. The van der Waals surface area contributed by atoms with Gasteiger partial charge in [0.15, 0.2) is 5.60 Å². The number of carboxylic acids is 3. The van der Waals surface area contributed by atoms with Gasteiger partial charge in [0.1, 0.15) is 0 Å². The molecule has 0 aliphatic carbocycles. The number of aliphatic hydroxyl groups is 1. The Morgan fingerprint density at radius 3 is 1.44 bits per heavy atom. The molecule has 0 fully saturated rings. The Bertz CT molecular complexity index is 243. The molecule has 0 saturated carbocycles. The van der Waals surface area contributed by atoms with Crippen molar-refractivity contribution in [3.63, 3.8) is 0 Å². The van der Waals surface area contributed by atoms with Crippen molar-refractivity contribution in [1.82, 2.24) is 0 Å². The predicted octanol–water partition coefficient (Wildman–Crippen LogP) is -10.3. The van der Waals surface area contributed by atoms with Gasteiger partial charge in [0.25, 0.3) is 0 Å². The Morgan fingerprint density at radius 2 is 1.31 bits per heavy atom. The molecule has 2 N–H and O–H groups in total. The van der Waals surface area contributed by atoms with E-state index in [1.54, 1.807) is 0 Å². The van der Waals surface area contributed by atoms with Gasteiger partial charge in [0.2, 0.25) is 0 Å². The average Bonchev–Trinajstić information content (AvgIpc) is 1.82. The van der Waals surface area contributed by atoms with Gasteiger partial charge in [-0.3, -0.25) is 0 Å². The molecule has 0 spiro atoms. The Morgan fingerprint density at radius 1 is 1.06 bits per heavy atom. The van der Waals surface area contributed by atoms with Gasteiger partial charge >= 0.3 is 58.6 Å². The SMILES string of the molecule is O=C([O-])CC(O)(CC(=O)[O-])C(=O)O.[Cl-].[Mg+2].[Na+]. The molecule has 0 heterocycles. The van der Waals surface area contributed by atoms with Crippen LogP contribution in [0.4, 0.5) is 0 Å². The summed E-state index contributed by atoms with van der Waals surface area (Å²) >= 11 is 0. The third-order valence-corrected chi connectivity index (χ3v) is 1.27. The summed E-state index contributed by atoms with van der Waals surface area (Å²) in [6.07, 6.45) is -2.59. The van der Waals surface area contributed by atoms with Crippen LogP contribution in [0.1, 0.15) is 12.8 Å². The van der Waals surface area contributed by atoms with E-state index >= 15 is 0 Å². The van der Waals surface area contributed by atoms with E-state index in [0.29, 0.717) is 0 Å². The Hall–Kier alpha value is 0.426. The van der Waals surface area contributed by atoms with Crippen LogP contribution in [0.3, 0.4) is 0 Å². The second-order valence-corrected chi connectivity index (χ2v) is 2.43. The topological polar surface area (TPSA) is 138 Å². The second kappa shape index (κ2) is 10.6. The minimum Gasteiger partial charge on any atom is -1.00 e. The molecule has 0 amide bonds. The number of carboxylic acid groups (broad SMARTS) is 3. The monoisotopic (exact) mass is 272 g/mol. The largest absolute Gasteiger partial charge is 2.00 e. The van der Waals surface area contributed by atoms with Crippen LogP contribution in [0.2, 0.25) is 0 Å². The first-order chi connectivity index (χ1) is 5.78. The summed E-state index contributed by atoms with van der Waals surface area (Å²) in [6, 6.07) is 0. The van der Waals surface area contributed by atoms with Gasteiger partial charge in [0, 0.05) is 24.8 Å². The zero-order valence-electron chi connectivity index (χ0n) is 8.43. The maximum atomic E-state index is 10.3. The van der Waals surface area contributed by atoms with E-state index in [2.05, 4.69) is 0 Å². The molecule has 16 heavy (non-hydrogen) atoms. The zero-order valence-corrected chi connectivity index (χ0v) is 12.6. The van der Waals surface area contributed by atoms with Crippen LogP contribution in [0.5, 0.6) is 0 Å². The number of halogens is 1. The fraction of sp³-hybridized carbons (Fsp3) is 0.500. The molecule has 0 aliphatic heterocycles. The summed E-state index contributed by atoms with van der Waals surface area (Å²) in [7, 11) is 0. The van der Waals surface area contributed by atoms with Crippen molar-refractivity contribution in [3.05, 3.63) is 0 Å². The molecule has 0 aliphatic rings. The van der Waals surface area contributed by atoms with E-state index in [4.69, 9.17) is 10.2 Å². The second-order valence-electron chi connectivity index (χ2n) is 2.43. The van der Waals surface area contributed by atoms with E-state index in [-0.39, 0.29) is 65.0 Å². The molecule has 0 aromatic rings. The number of hydrogen-bond acceptors (Lipinski definition) is 6. The number of carbonyl (C=O) groups excluding carboxylic acids is 2. The van der Waals surface area contributed by atoms with Crippen LogP contribution >= 0.6 is 0 Å². The minimum atomic E-state index is -2.86. The van der Waals surface area contributed by atoms with Gasteiger partial charge in [0.05, 0.1) is 0 Å². The molecular formula is C6H6ClMgNaO7. The maximum absolute atomic E-state index is 10.3. The average molecular weight is 273 g/mol. The first-order valence-electron chi connectivity index (χ1n) is 3.13. The Kier molecular flexibility index (Phi) is 16.7. The quantitative estimate of drug-likeness (QED) is 0.474. The minimum absolute atomic E-state index is 0. The van der Waals surface area contributed by atoms with Crippen molar-refractivity contribution < 1.29 is 76.8 Å². The standard InChI is InChI=1S/C6H8O7.ClH.Mg.Na/c7-3(8)1-6(13,5(11)12)2-4(9)10;;;/h13H,1-2H2,(H,7,8)(H,9,10)(H,11,12);1H;;/q;;+2;+1/p-3. The van der Waals surface area contributed by atoms with Crippen molar-refractivity contribution in [2.75, 3.05) is 0 Å². The molecule has 0 aromatic carbocycles. The van der Waals surface area contributed by atoms with Gasteiger partial charge in [-0.2, -0.15) is 0 Å². The van der Waals surface area contributed by atoms with Gasteiger partial charge in [-0.1, -0.05) is 0 Å². The predicted molar refractivity (Wildman–Crippen MR) is 37.6 cm³/mol. The van der Waals surface area contributed by atoms with E-state index in [0.717, 1.165) is 0 Å². The van der Waals surface area contributed by atoms with E-state index in [1.807, 2.05) is 0 Å². The molecule has 0 rings (SSSR count). The van der Waals surface area contributed by atoms with Crippen molar-refractivity contribution in [1.29, 1.82) is 0 Å². The van der Waals surface area contributed by atoms with Crippen LogP contribution in [-0.4, -0.2) is 56.8 Å². The normalized spacial score (nSPS) is 8.81. The van der Waals surface area contributed by atoms with Gasteiger partial charge in [-0.15, -0.1) is 0 Å². The van der Waals surface area contributed by atoms with Crippen LogP contribution in [0, 0.1) is 0 Å². The van der Waals surface area contributed by atoms with Gasteiger partial charge in [-0.25, -0.2) is 4.79 Å². The zero-order chi connectivity index (χ0) is 10.6. The van der Waals surface area contributed by atoms with E-state index in [1.165, 1.54) is 0 Å². The smallest absolute Gasteiger partial charge is 1.00 e. The maximum Gasteiger partial charge on any atom is 2.00 e. The number of rotatable bonds is 5. The Labute approximate surface area is 135 Å². The summed E-state index contributed by atoms with van der Waals surface area (Å²) in [4.78, 5) is 30.2. The molecular weight excluding hydrogens is 267 g/mol. The summed E-state index contributed by atoms with van der Waals surface area (Å²) < 4.78 is 0. The van der Waals surface area contributed by atoms with Gasteiger partial charge in [-0.05, 0) is 0 Å². The number of hydrogen-bond donors (Lipinski definition) is 2. The third kappa shape index (κ3) is 9.64. The molecule has 7 nitrogen and oxygen atoms in total. The third-order valence-electron chi connectivity index (χ3n) is 1.27. The first kappa shape index (κ1) is 25.3. The van der Waals surface area contributed by atoms with Crippen LogP contribution in [0.15, 0.2) is 0 Å². The van der Waals surface area contributed by atoms with Crippen molar-refractivity contribution in [2.24, 2.45) is 0 Å². The fourth-order valence-corrected chi connectivity index (χ4v) is 0.691. The van der Waals surface area contributed by atoms with Crippen LogP contribution < -0.4 is 52.2 Å². The molecule has 0 bridgehead atoms. The molecule has 10 heteroatoms. The summed E-state index contributed by atoms with van der Waals surface area (Å²) in [6.45, 7) is 0. The van der Waals surface area contributed by atoms with E-state index < -0.39 is 36.4 Å². The van der Waals surface area contributed by atoms with Crippen LogP contribution in [0.25, 0.3) is 0 Å². The summed E-state index contributed by atoms with van der Waals surface area (Å²) in [5.41, 5.74) is -2.86. The fourth-order valence-electron chi connectivity index (χ4n) is 0.691. The molecule has 0 radical (unpaired) electrons. The van der Waals surface area contributed by atoms with Gasteiger partial charge < -0.3 is 42.4 Å². The Balaban J connectivity index is -0.000000240.